The number of thiocarbonyl (C=S) groups is 1. The maximum atomic E-state index is 4.84. The molecule has 0 atom stereocenters. The van der Waals surface area contributed by atoms with E-state index in [0.29, 0.717) is 6.54 Å². The molecule has 1 nitrogen and oxygen atoms in total. The molecule has 0 aliphatic carbocycles. The standard InChI is InChI=1S/C4H5NS/c1-2-3-5-4-6/h1,4H,3H2,(H,5,6). The molecule has 0 amide bonds. The number of rotatable bonds is 2. The van der Waals surface area contributed by atoms with Crippen molar-refractivity contribution in [2.45, 2.75) is 0 Å². The highest BCUT2D eigenvalue weighted by atomic mass is 32.1. The Balaban J connectivity index is 2.72. The molecule has 32 valence electrons. The van der Waals surface area contributed by atoms with Crippen molar-refractivity contribution < 1.29 is 0 Å². The number of nitrogens with one attached hydrogen (secondary N) is 1. The van der Waals surface area contributed by atoms with Crippen LogP contribution in [-0.2, 0) is 0 Å². The Morgan fingerprint density at radius 1 is 2.00 bits per heavy atom. The number of terminal acetylenes is 1. The van der Waals surface area contributed by atoms with Crippen LogP contribution in [0.3, 0.4) is 0 Å². The molecule has 0 saturated carbocycles. The Hall–Kier alpha value is -0.550. The first kappa shape index (κ1) is 5.45. The summed E-state index contributed by atoms with van der Waals surface area (Å²) in [6.45, 7) is 0.531. The van der Waals surface area contributed by atoms with E-state index in [9.17, 15) is 0 Å². The Kier molecular flexibility index (Phi) is 4.04. The topological polar surface area (TPSA) is 12.0 Å². The molecular formula is C4H5NS. The van der Waals surface area contributed by atoms with Gasteiger partial charge in [0, 0.05) is 0 Å². The minimum absolute atomic E-state index is 0.531. The van der Waals surface area contributed by atoms with Gasteiger partial charge in [0.15, 0.2) is 0 Å². The lowest BCUT2D eigenvalue weighted by Gasteiger charge is -1.81. The Bertz CT molecular complexity index is 72.1. The zero-order valence-electron chi connectivity index (χ0n) is 3.27. The molecule has 0 saturated heterocycles. The van der Waals surface area contributed by atoms with Gasteiger partial charge in [-0.05, 0) is 0 Å². The summed E-state index contributed by atoms with van der Waals surface area (Å²) in [4.78, 5) is 0. The second kappa shape index (κ2) is 4.45. The summed E-state index contributed by atoms with van der Waals surface area (Å²) < 4.78 is 0. The van der Waals surface area contributed by atoms with Crippen LogP contribution >= 0.6 is 12.2 Å². The monoisotopic (exact) mass is 99.0 g/mol. The molecule has 0 rings (SSSR count). The van der Waals surface area contributed by atoms with E-state index < -0.39 is 0 Å². The summed E-state index contributed by atoms with van der Waals surface area (Å²) in [7, 11) is 0. The molecule has 0 aliphatic rings. The zero-order chi connectivity index (χ0) is 4.83. The van der Waals surface area contributed by atoms with Crippen molar-refractivity contribution >= 4 is 17.7 Å². The van der Waals surface area contributed by atoms with Crippen LogP contribution in [0.4, 0.5) is 0 Å². The van der Waals surface area contributed by atoms with Crippen molar-refractivity contribution in [1.82, 2.24) is 5.32 Å². The summed E-state index contributed by atoms with van der Waals surface area (Å²) >= 11 is 4.39. The Morgan fingerprint density at radius 2 is 2.67 bits per heavy atom. The van der Waals surface area contributed by atoms with E-state index in [1.807, 2.05) is 0 Å². The first-order chi connectivity index (χ1) is 2.91. The highest BCUT2D eigenvalue weighted by Gasteiger charge is 1.60. The van der Waals surface area contributed by atoms with Crippen LogP contribution in [0.25, 0.3) is 0 Å². The van der Waals surface area contributed by atoms with Gasteiger partial charge in [-0.2, -0.15) is 0 Å². The lowest BCUT2D eigenvalue weighted by atomic mass is 10.7. The molecule has 0 spiro atoms. The van der Waals surface area contributed by atoms with Crippen LogP contribution in [0.5, 0.6) is 0 Å². The average molecular weight is 99.2 g/mol. The summed E-state index contributed by atoms with van der Waals surface area (Å²) in [6.07, 6.45) is 4.84. The quantitative estimate of drug-likeness (QED) is 0.301. The highest BCUT2D eigenvalue weighted by Crippen LogP contribution is 1.44. The lowest BCUT2D eigenvalue weighted by Crippen LogP contribution is -2.07. The molecule has 6 heavy (non-hydrogen) atoms. The predicted octanol–water partition coefficient (Wildman–Crippen LogP) is 0.166. The summed E-state index contributed by atoms with van der Waals surface area (Å²) in [6, 6.07) is 0. The van der Waals surface area contributed by atoms with Gasteiger partial charge in [0.05, 0.1) is 12.0 Å². The van der Waals surface area contributed by atoms with Crippen molar-refractivity contribution in [3.05, 3.63) is 0 Å². The third-order valence-electron chi connectivity index (χ3n) is 0.287. The van der Waals surface area contributed by atoms with Gasteiger partial charge in [0.1, 0.15) is 0 Å². The normalized spacial score (nSPS) is 5.83. The molecule has 0 radical (unpaired) electrons. The summed E-state index contributed by atoms with van der Waals surface area (Å²) in [5, 5.41) is 2.65. The molecular weight excluding hydrogens is 94.1 g/mol. The van der Waals surface area contributed by atoms with E-state index in [2.05, 4.69) is 23.5 Å². The molecule has 1 N–H and O–H groups in total. The third kappa shape index (κ3) is 3.45. The van der Waals surface area contributed by atoms with Crippen LogP contribution in [0.1, 0.15) is 0 Å². The molecule has 0 aromatic carbocycles. The van der Waals surface area contributed by atoms with E-state index >= 15 is 0 Å². The van der Waals surface area contributed by atoms with Crippen molar-refractivity contribution in [3.8, 4) is 12.3 Å². The molecule has 0 fully saturated rings. The number of hydrogen-bond donors (Lipinski definition) is 1. The van der Waals surface area contributed by atoms with Crippen molar-refractivity contribution in [3.63, 3.8) is 0 Å². The minimum atomic E-state index is 0.531. The minimum Gasteiger partial charge on any atom is -0.371 e. The van der Waals surface area contributed by atoms with Gasteiger partial charge in [-0.15, -0.1) is 6.42 Å². The second-order valence-electron chi connectivity index (χ2n) is 0.703. The molecule has 0 aromatic heterocycles. The highest BCUT2D eigenvalue weighted by molar-refractivity contribution is 7.78. The SMILES string of the molecule is C#CCNC=S. The lowest BCUT2D eigenvalue weighted by molar-refractivity contribution is 1.12. The average Bonchev–Trinajstić information content (AvgIpc) is 1.61. The fourth-order valence-electron chi connectivity index (χ4n) is 0.101. The van der Waals surface area contributed by atoms with Crippen LogP contribution in [0, 0.1) is 12.3 Å². The first-order valence-electron chi connectivity index (χ1n) is 1.52. The van der Waals surface area contributed by atoms with Crippen LogP contribution in [0.15, 0.2) is 0 Å². The fraction of sp³-hybridized carbons (Fsp3) is 0.250. The summed E-state index contributed by atoms with van der Waals surface area (Å²) in [5.74, 6) is 2.36. The smallest absolute Gasteiger partial charge is 0.0765 e. The predicted molar refractivity (Wildman–Crippen MR) is 30.5 cm³/mol. The van der Waals surface area contributed by atoms with Gasteiger partial charge >= 0.3 is 0 Å². The van der Waals surface area contributed by atoms with Gasteiger partial charge in [-0.25, -0.2) is 0 Å². The molecule has 2 heteroatoms. The second-order valence-corrected chi connectivity index (χ2v) is 0.939. The van der Waals surface area contributed by atoms with Gasteiger partial charge < -0.3 is 5.32 Å². The Morgan fingerprint density at radius 3 is 2.83 bits per heavy atom. The maximum Gasteiger partial charge on any atom is 0.0765 e. The zero-order valence-corrected chi connectivity index (χ0v) is 4.09. The van der Waals surface area contributed by atoms with E-state index in [4.69, 9.17) is 6.42 Å². The summed E-state index contributed by atoms with van der Waals surface area (Å²) in [5.41, 5.74) is 1.40. The largest absolute Gasteiger partial charge is 0.371 e. The maximum absolute atomic E-state index is 4.84. The van der Waals surface area contributed by atoms with E-state index in [0.717, 1.165) is 0 Å². The van der Waals surface area contributed by atoms with Gasteiger partial charge in [-0.1, -0.05) is 18.1 Å². The number of hydrogen-bond acceptors (Lipinski definition) is 1. The molecule has 0 aliphatic heterocycles. The van der Waals surface area contributed by atoms with E-state index in [-0.39, 0.29) is 0 Å². The molecule has 0 aromatic rings. The van der Waals surface area contributed by atoms with Crippen molar-refractivity contribution in [2.24, 2.45) is 0 Å². The molecule has 0 heterocycles. The third-order valence-corrected chi connectivity index (χ3v) is 0.454. The van der Waals surface area contributed by atoms with Crippen LogP contribution in [0.2, 0.25) is 0 Å². The molecule has 0 unspecified atom stereocenters. The van der Waals surface area contributed by atoms with Gasteiger partial charge in [0.2, 0.25) is 0 Å². The van der Waals surface area contributed by atoms with Crippen LogP contribution < -0.4 is 5.32 Å². The van der Waals surface area contributed by atoms with Crippen molar-refractivity contribution in [2.75, 3.05) is 6.54 Å². The fourth-order valence-corrected chi connectivity index (χ4v) is 0.184. The van der Waals surface area contributed by atoms with Gasteiger partial charge in [0.25, 0.3) is 0 Å². The Labute approximate surface area is 42.7 Å². The first-order valence-corrected chi connectivity index (χ1v) is 1.99. The van der Waals surface area contributed by atoms with Crippen LogP contribution in [-0.4, -0.2) is 12.0 Å². The molecule has 0 bridgehead atoms. The van der Waals surface area contributed by atoms with Gasteiger partial charge in [-0.3, -0.25) is 0 Å². The van der Waals surface area contributed by atoms with E-state index in [1.165, 1.54) is 5.49 Å². The van der Waals surface area contributed by atoms with E-state index in [1.54, 1.807) is 0 Å². The van der Waals surface area contributed by atoms with Crippen molar-refractivity contribution in [1.29, 1.82) is 0 Å².